The third kappa shape index (κ3) is 4.91. The molecule has 3 nitrogen and oxygen atoms in total. The highest BCUT2D eigenvalue weighted by atomic mass is 32.1. The van der Waals surface area contributed by atoms with E-state index in [-0.39, 0.29) is 0 Å². The van der Waals surface area contributed by atoms with Gasteiger partial charge in [0.15, 0.2) is 0 Å². The fourth-order valence-corrected chi connectivity index (χ4v) is 11.5. The maximum atomic E-state index is 7.18. The first-order chi connectivity index (χ1) is 30.3. The number of fused-ring (bicyclic) bond motifs is 13. The Kier molecular flexibility index (Phi) is 7.39. The van der Waals surface area contributed by atoms with E-state index in [9.17, 15) is 0 Å². The fourth-order valence-electron chi connectivity index (χ4n) is 10.2. The van der Waals surface area contributed by atoms with Crippen LogP contribution in [0.25, 0.3) is 64.5 Å². The molecule has 11 aromatic rings. The molecule has 0 atom stereocenters. The second-order valence-electron chi connectivity index (χ2n) is 15.9. The van der Waals surface area contributed by atoms with Gasteiger partial charge in [-0.3, -0.25) is 4.90 Å². The van der Waals surface area contributed by atoms with Crippen LogP contribution in [0.15, 0.2) is 217 Å². The number of hydrogen-bond donors (Lipinski definition) is 0. The Morgan fingerprint density at radius 2 is 1.05 bits per heavy atom. The van der Waals surface area contributed by atoms with Crippen molar-refractivity contribution in [3.8, 4) is 44.9 Å². The van der Waals surface area contributed by atoms with Gasteiger partial charge in [0.25, 0.3) is 0 Å². The molecular weight excluding hydrogens is 763 g/mol. The molecular formula is C57H35NO2S. The molecule has 0 N–H and O–H groups in total. The largest absolute Gasteiger partial charge is 0.457 e. The summed E-state index contributed by atoms with van der Waals surface area (Å²) in [6, 6.07) is 76.4. The van der Waals surface area contributed by atoms with Gasteiger partial charge in [0.05, 0.1) is 11.1 Å². The van der Waals surface area contributed by atoms with Crippen molar-refractivity contribution in [2.45, 2.75) is 5.41 Å². The lowest BCUT2D eigenvalue weighted by atomic mass is 9.66. The predicted octanol–water partition coefficient (Wildman–Crippen LogP) is 16.1. The maximum Gasteiger partial charge on any atom is 0.205 e. The van der Waals surface area contributed by atoms with Gasteiger partial charge < -0.3 is 9.15 Å². The quantitative estimate of drug-likeness (QED) is 0.173. The van der Waals surface area contributed by atoms with Gasteiger partial charge in [0.2, 0.25) is 5.88 Å². The normalized spacial score (nSPS) is 13.2. The third-order valence-corrected chi connectivity index (χ3v) is 14.0. The lowest BCUT2D eigenvalue weighted by Gasteiger charge is -2.40. The van der Waals surface area contributed by atoms with Crippen LogP contribution in [0.3, 0.4) is 0 Å². The number of furan rings is 1. The van der Waals surface area contributed by atoms with Gasteiger partial charge in [0.1, 0.15) is 17.1 Å². The van der Waals surface area contributed by atoms with Crippen LogP contribution in [0.5, 0.6) is 11.5 Å². The molecule has 0 saturated carbocycles. The molecule has 1 spiro atoms. The standard InChI is InChI=1S/C57H35NO2S/c1-2-16-36(17-3-1)39-23-14-18-37-34-54(60-55(37)39)58(50-29-11-6-21-42(50)44-24-15-25-45-43-22-7-13-31-53(43)61-56(44)45)38-32-33-52-49(35-38)57(48-28-10-12-30-51(48)59-52)46-26-8-4-19-40(46)41-20-5-9-27-47(41)57/h1-35H. The second-order valence-corrected chi connectivity index (χ2v) is 17.0. The van der Waals surface area contributed by atoms with Crippen LogP contribution in [0.1, 0.15) is 22.3 Å². The molecule has 1 aliphatic heterocycles. The summed E-state index contributed by atoms with van der Waals surface area (Å²) in [6.07, 6.45) is 0. The Morgan fingerprint density at radius 1 is 0.426 bits per heavy atom. The molecule has 2 aliphatic rings. The van der Waals surface area contributed by atoms with Crippen molar-refractivity contribution in [3.63, 3.8) is 0 Å². The number of anilines is 3. The number of hydrogen-bond acceptors (Lipinski definition) is 4. The zero-order valence-corrected chi connectivity index (χ0v) is 33.7. The average molecular weight is 798 g/mol. The van der Waals surface area contributed by atoms with Gasteiger partial charge in [-0.1, -0.05) is 170 Å². The molecule has 0 unspecified atom stereocenters. The third-order valence-electron chi connectivity index (χ3n) is 12.8. The van der Waals surface area contributed by atoms with Gasteiger partial charge in [-0.15, -0.1) is 11.3 Å². The number of benzene rings is 9. The molecule has 1 aliphatic carbocycles. The summed E-state index contributed by atoms with van der Waals surface area (Å²) in [7, 11) is 0. The molecule has 0 saturated heterocycles. The molecule has 9 aromatic carbocycles. The smallest absolute Gasteiger partial charge is 0.205 e. The van der Waals surface area contributed by atoms with Crippen LogP contribution in [0.4, 0.5) is 17.3 Å². The highest BCUT2D eigenvalue weighted by Crippen LogP contribution is 2.63. The summed E-state index contributed by atoms with van der Waals surface area (Å²) in [5.41, 5.74) is 13.9. The van der Waals surface area contributed by atoms with Crippen molar-refractivity contribution in [2.24, 2.45) is 0 Å². The first-order valence-electron chi connectivity index (χ1n) is 20.7. The van der Waals surface area contributed by atoms with E-state index in [1.165, 1.54) is 48.0 Å². The van der Waals surface area contributed by atoms with Crippen molar-refractivity contribution >= 4 is 59.7 Å². The van der Waals surface area contributed by atoms with Gasteiger partial charge in [-0.25, -0.2) is 0 Å². The first-order valence-corrected chi connectivity index (χ1v) is 21.6. The lowest BCUT2D eigenvalue weighted by Crippen LogP contribution is -2.32. The Hall–Kier alpha value is -7.66. The van der Waals surface area contributed by atoms with Crippen molar-refractivity contribution < 1.29 is 9.15 Å². The summed E-state index contributed by atoms with van der Waals surface area (Å²) in [5, 5.41) is 3.58. The molecule has 3 heterocycles. The van der Waals surface area contributed by atoms with Crippen molar-refractivity contribution in [1.82, 2.24) is 0 Å². The predicted molar refractivity (Wildman–Crippen MR) is 252 cm³/mol. The Balaban J connectivity index is 1.10. The minimum absolute atomic E-state index is 0.615. The molecule has 0 bridgehead atoms. The van der Waals surface area contributed by atoms with Crippen LogP contribution in [0.2, 0.25) is 0 Å². The zero-order valence-electron chi connectivity index (χ0n) is 32.9. The van der Waals surface area contributed by atoms with Crippen molar-refractivity contribution in [3.05, 3.63) is 235 Å². The average Bonchev–Trinajstić information content (AvgIpc) is 4.01. The van der Waals surface area contributed by atoms with Crippen molar-refractivity contribution in [2.75, 3.05) is 4.90 Å². The Labute approximate surface area is 357 Å². The van der Waals surface area contributed by atoms with Gasteiger partial charge in [-0.2, -0.15) is 0 Å². The first kappa shape index (κ1) is 34.2. The molecule has 0 radical (unpaired) electrons. The number of rotatable bonds is 5. The molecule has 0 amide bonds. The van der Waals surface area contributed by atoms with E-state index >= 15 is 0 Å². The molecule has 286 valence electrons. The van der Waals surface area contributed by atoms with Crippen LogP contribution in [-0.4, -0.2) is 0 Å². The second kappa shape index (κ2) is 13.2. The highest BCUT2D eigenvalue weighted by molar-refractivity contribution is 7.26. The highest BCUT2D eigenvalue weighted by Gasteiger charge is 2.51. The fraction of sp³-hybridized carbons (Fsp3) is 0.0175. The minimum Gasteiger partial charge on any atom is -0.457 e. The van der Waals surface area contributed by atoms with Gasteiger partial charge in [0, 0.05) is 65.1 Å². The summed E-state index contributed by atoms with van der Waals surface area (Å²) < 4.78 is 16.6. The molecule has 2 aromatic heterocycles. The molecule has 61 heavy (non-hydrogen) atoms. The zero-order chi connectivity index (χ0) is 40.1. The van der Waals surface area contributed by atoms with E-state index in [1.807, 2.05) is 11.3 Å². The molecule has 4 heteroatoms. The molecule has 13 rings (SSSR count). The SMILES string of the molecule is c1ccc(-c2cccc3cc(N(c4ccc5c(c4)C4(c6ccccc6O5)c5ccccc5-c5ccccc54)c4ccccc4-c4cccc5c4sc4ccccc45)oc23)cc1. The van der Waals surface area contributed by atoms with Crippen LogP contribution >= 0.6 is 11.3 Å². The van der Waals surface area contributed by atoms with Crippen LogP contribution in [0, 0.1) is 0 Å². The summed E-state index contributed by atoms with van der Waals surface area (Å²) >= 11 is 1.85. The maximum absolute atomic E-state index is 7.18. The van der Waals surface area contributed by atoms with Gasteiger partial charge >= 0.3 is 0 Å². The van der Waals surface area contributed by atoms with E-state index in [2.05, 4.69) is 217 Å². The number of thiophene rings is 1. The van der Waals surface area contributed by atoms with Gasteiger partial charge in [-0.05, 0) is 64.2 Å². The number of ether oxygens (including phenoxy) is 1. The monoisotopic (exact) mass is 797 g/mol. The lowest BCUT2D eigenvalue weighted by molar-refractivity contribution is 0.436. The summed E-state index contributed by atoms with van der Waals surface area (Å²) in [6.45, 7) is 0. The summed E-state index contributed by atoms with van der Waals surface area (Å²) in [5.74, 6) is 2.44. The summed E-state index contributed by atoms with van der Waals surface area (Å²) in [4.78, 5) is 2.32. The van der Waals surface area contributed by atoms with E-state index in [1.54, 1.807) is 0 Å². The minimum atomic E-state index is -0.615. The number of nitrogens with zero attached hydrogens (tertiary/aromatic N) is 1. The van der Waals surface area contributed by atoms with E-state index < -0.39 is 5.41 Å². The van der Waals surface area contributed by atoms with Crippen molar-refractivity contribution in [1.29, 1.82) is 0 Å². The van der Waals surface area contributed by atoms with Crippen LogP contribution < -0.4 is 9.64 Å². The van der Waals surface area contributed by atoms with E-state index in [0.29, 0.717) is 0 Å². The topological polar surface area (TPSA) is 25.6 Å². The Bertz CT molecular complexity index is 3500. The van der Waals surface area contributed by atoms with E-state index in [4.69, 9.17) is 9.15 Å². The Morgan fingerprint density at radius 3 is 1.89 bits per heavy atom. The van der Waals surface area contributed by atoms with E-state index in [0.717, 1.165) is 67.5 Å². The number of para-hydroxylation sites is 3. The molecule has 0 fully saturated rings. The van der Waals surface area contributed by atoms with Crippen LogP contribution in [-0.2, 0) is 5.41 Å².